The molecule has 0 unspecified atom stereocenters. The van der Waals surface area contributed by atoms with Crippen LogP contribution in [0.5, 0.6) is 0 Å². The highest BCUT2D eigenvalue weighted by atomic mass is 32.2. The van der Waals surface area contributed by atoms with E-state index in [-0.39, 0.29) is 0 Å². The first-order valence-corrected chi connectivity index (χ1v) is 8.98. The molecule has 0 aromatic rings. The molecule has 5 heteroatoms. The van der Waals surface area contributed by atoms with Crippen molar-refractivity contribution in [2.24, 2.45) is 5.92 Å². The van der Waals surface area contributed by atoms with E-state index in [2.05, 4.69) is 5.32 Å². The van der Waals surface area contributed by atoms with Gasteiger partial charge >= 0.3 is 0 Å². The Morgan fingerprint density at radius 1 is 1.06 bits per heavy atom. The zero-order chi connectivity index (χ0) is 12.8. The fraction of sp³-hybridized carbons (Fsp3) is 1.00. The third kappa shape index (κ3) is 4.21. The molecule has 0 spiro atoms. The molecular weight excluding hydrogens is 248 g/mol. The summed E-state index contributed by atoms with van der Waals surface area (Å²) in [6, 6.07) is 0. The van der Waals surface area contributed by atoms with Crippen molar-refractivity contribution in [3.05, 3.63) is 0 Å². The van der Waals surface area contributed by atoms with Gasteiger partial charge in [0.15, 0.2) is 0 Å². The van der Waals surface area contributed by atoms with Gasteiger partial charge in [0.05, 0.1) is 5.75 Å². The molecule has 1 heterocycles. The largest absolute Gasteiger partial charge is 0.316 e. The number of hydrogen-bond donors (Lipinski definition) is 1. The molecule has 2 aliphatic rings. The van der Waals surface area contributed by atoms with Crippen molar-refractivity contribution in [1.29, 1.82) is 0 Å². The zero-order valence-electron chi connectivity index (χ0n) is 11.2. The fourth-order valence-electron chi connectivity index (χ4n) is 2.65. The Bertz CT molecular complexity index is 333. The van der Waals surface area contributed by atoms with Crippen molar-refractivity contribution < 1.29 is 8.42 Å². The minimum atomic E-state index is -2.98. The van der Waals surface area contributed by atoms with Gasteiger partial charge in [-0.3, -0.25) is 0 Å². The molecule has 0 radical (unpaired) electrons. The van der Waals surface area contributed by atoms with Crippen LogP contribution in [0, 0.1) is 5.92 Å². The maximum atomic E-state index is 12.0. The average molecular weight is 274 g/mol. The quantitative estimate of drug-likeness (QED) is 0.717. The van der Waals surface area contributed by atoms with E-state index in [9.17, 15) is 8.42 Å². The van der Waals surface area contributed by atoms with Crippen LogP contribution < -0.4 is 5.32 Å². The average Bonchev–Trinajstić information content (AvgIpc) is 2.32. The monoisotopic (exact) mass is 274 g/mol. The van der Waals surface area contributed by atoms with Crippen molar-refractivity contribution >= 4 is 10.0 Å². The van der Waals surface area contributed by atoms with E-state index in [1.165, 1.54) is 25.7 Å². The molecule has 1 saturated carbocycles. The Hall–Kier alpha value is -0.130. The maximum Gasteiger partial charge on any atom is 0.214 e. The highest BCUT2D eigenvalue weighted by Gasteiger charge is 2.23. The van der Waals surface area contributed by atoms with Gasteiger partial charge in [-0.1, -0.05) is 12.8 Å². The SMILES string of the molecule is O=S(=O)(CCCNCC1CCC1)N1CCCCC1. The Balaban J connectivity index is 1.58. The van der Waals surface area contributed by atoms with Crippen molar-refractivity contribution in [3.63, 3.8) is 0 Å². The van der Waals surface area contributed by atoms with Crippen LogP contribution in [0.1, 0.15) is 44.9 Å². The highest BCUT2D eigenvalue weighted by Crippen LogP contribution is 2.25. The lowest BCUT2D eigenvalue weighted by molar-refractivity contribution is 0.302. The second-order valence-electron chi connectivity index (χ2n) is 5.63. The normalized spacial score (nSPS) is 22.9. The first kappa shape index (κ1) is 14.3. The van der Waals surface area contributed by atoms with E-state index in [4.69, 9.17) is 0 Å². The van der Waals surface area contributed by atoms with Crippen LogP contribution in [0.15, 0.2) is 0 Å². The Morgan fingerprint density at radius 2 is 1.78 bits per heavy atom. The minimum Gasteiger partial charge on any atom is -0.316 e. The van der Waals surface area contributed by atoms with Gasteiger partial charge in [0, 0.05) is 13.1 Å². The molecule has 106 valence electrons. The van der Waals surface area contributed by atoms with Gasteiger partial charge in [0.1, 0.15) is 0 Å². The number of piperidine rings is 1. The van der Waals surface area contributed by atoms with Crippen molar-refractivity contribution in [1.82, 2.24) is 9.62 Å². The molecule has 1 aliphatic carbocycles. The van der Waals surface area contributed by atoms with Gasteiger partial charge in [0.25, 0.3) is 0 Å². The number of nitrogens with one attached hydrogen (secondary N) is 1. The van der Waals surface area contributed by atoms with Crippen molar-refractivity contribution in [2.75, 3.05) is 31.9 Å². The van der Waals surface area contributed by atoms with E-state index >= 15 is 0 Å². The third-order valence-electron chi connectivity index (χ3n) is 4.12. The number of rotatable bonds is 7. The van der Waals surface area contributed by atoms with Gasteiger partial charge in [0.2, 0.25) is 10.0 Å². The summed E-state index contributed by atoms with van der Waals surface area (Å²) in [4.78, 5) is 0. The zero-order valence-corrected chi connectivity index (χ0v) is 12.1. The van der Waals surface area contributed by atoms with Crippen LogP contribution in [0.4, 0.5) is 0 Å². The predicted octanol–water partition coefficient (Wildman–Crippen LogP) is 1.58. The summed E-state index contributed by atoms with van der Waals surface area (Å²) in [5, 5.41) is 3.38. The number of nitrogens with zero attached hydrogens (tertiary/aromatic N) is 1. The molecule has 1 saturated heterocycles. The van der Waals surface area contributed by atoms with Crippen LogP contribution in [0.25, 0.3) is 0 Å². The van der Waals surface area contributed by atoms with Crippen LogP contribution in [0.2, 0.25) is 0 Å². The molecule has 18 heavy (non-hydrogen) atoms. The van der Waals surface area contributed by atoms with Gasteiger partial charge in [-0.2, -0.15) is 0 Å². The van der Waals surface area contributed by atoms with E-state index in [0.717, 1.165) is 51.4 Å². The number of hydrogen-bond acceptors (Lipinski definition) is 3. The molecule has 0 bridgehead atoms. The molecule has 1 aliphatic heterocycles. The van der Waals surface area contributed by atoms with Gasteiger partial charge in [-0.25, -0.2) is 12.7 Å². The smallest absolute Gasteiger partial charge is 0.214 e. The topological polar surface area (TPSA) is 49.4 Å². The van der Waals surface area contributed by atoms with Crippen LogP contribution in [-0.4, -0.2) is 44.7 Å². The second-order valence-corrected chi connectivity index (χ2v) is 7.72. The second kappa shape index (κ2) is 6.87. The molecule has 2 rings (SSSR count). The van der Waals surface area contributed by atoms with Crippen LogP contribution in [0.3, 0.4) is 0 Å². The van der Waals surface area contributed by atoms with E-state index in [0.29, 0.717) is 5.75 Å². The van der Waals surface area contributed by atoms with Crippen molar-refractivity contribution in [3.8, 4) is 0 Å². The molecule has 0 atom stereocenters. The Labute approximate surface area is 111 Å². The molecule has 1 N–H and O–H groups in total. The predicted molar refractivity (Wildman–Crippen MR) is 74.0 cm³/mol. The molecule has 2 fully saturated rings. The maximum absolute atomic E-state index is 12.0. The highest BCUT2D eigenvalue weighted by molar-refractivity contribution is 7.89. The lowest BCUT2D eigenvalue weighted by Crippen LogP contribution is -2.38. The summed E-state index contributed by atoms with van der Waals surface area (Å²) in [5.74, 6) is 1.16. The molecule has 0 aromatic carbocycles. The van der Waals surface area contributed by atoms with E-state index < -0.39 is 10.0 Å². The molecule has 0 amide bonds. The van der Waals surface area contributed by atoms with Crippen LogP contribution >= 0.6 is 0 Å². The lowest BCUT2D eigenvalue weighted by Gasteiger charge is -2.26. The first-order valence-electron chi connectivity index (χ1n) is 7.37. The molecule has 0 aromatic heterocycles. The standard InChI is InChI=1S/C13H26N2O2S/c16-18(17,15-9-2-1-3-10-15)11-5-8-14-12-13-6-4-7-13/h13-14H,1-12H2. The summed E-state index contributed by atoms with van der Waals surface area (Å²) in [6.45, 7) is 3.38. The summed E-state index contributed by atoms with van der Waals surface area (Å²) >= 11 is 0. The Morgan fingerprint density at radius 3 is 2.39 bits per heavy atom. The molecular formula is C13H26N2O2S. The summed E-state index contributed by atoms with van der Waals surface area (Å²) in [5.41, 5.74) is 0. The first-order chi connectivity index (χ1) is 8.68. The van der Waals surface area contributed by atoms with Crippen molar-refractivity contribution in [2.45, 2.75) is 44.9 Å². The number of sulfonamides is 1. The third-order valence-corrected chi connectivity index (χ3v) is 6.08. The summed E-state index contributed by atoms with van der Waals surface area (Å²) in [6.07, 6.45) is 8.03. The van der Waals surface area contributed by atoms with E-state index in [1.807, 2.05) is 0 Å². The van der Waals surface area contributed by atoms with Gasteiger partial charge in [-0.05, 0) is 51.1 Å². The lowest BCUT2D eigenvalue weighted by atomic mass is 9.85. The summed E-state index contributed by atoms with van der Waals surface area (Å²) < 4.78 is 25.8. The fourth-order valence-corrected chi connectivity index (χ4v) is 4.24. The van der Waals surface area contributed by atoms with E-state index in [1.54, 1.807) is 4.31 Å². The Kier molecular flexibility index (Phi) is 5.45. The molecule has 4 nitrogen and oxygen atoms in total. The van der Waals surface area contributed by atoms with Gasteiger partial charge in [-0.15, -0.1) is 0 Å². The minimum absolute atomic E-state index is 0.310. The van der Waals surface area contributed by atoms with Gasteiger partial charge < -0.3 is 5.32 Å². The van der Waals surface area contributed by atoms with Crippen LogP contribution in [-0.2, 0) is 10.0 Å². The summed E-state index contributed by atoms with van der Waals surface area (Å²) in [7, 11) is -2.98.